The lowest BCUT2D eigenvalue weighted by atomic mass is 9.95. The lowest BCUT2D eigenvalue weighted by Gasteiger charge is -1.98. The summed E-state index contributed by atoms with van der Waals surface area (Å²) in [5, 5.41) is 9.57. The van der Waals surface area contributed by atoms with Gasteiger partial charge in [-0.1, -0.05) is 17.6 Å². The van der Waals surface area contributed by atoms with Crippen molar-refractivity contribution in [2.75, 3.05) is 0 Å². The van der Waals surface area contributed by atoms with Crippen molar-refractivity contribution in [3.05, 3.63) is 36.0 Å². The molecule has 1 heterocycles. The Morgan fingerprint density at radius 2 is 2.08 bits per heavy atom. The molecule has 0 aliphatic rings. The molecule has 3 heteroatoms. The van der Waals surface area contributed by atoms with Gasteiger partial charge in [0.25, 0.3) is 0 Å². The SMILES string of the molecule is [B]c1ccc2nc(C#N)ccc2c1. The Hall–Kier alpha value is -1.82. The second kappa shape index (κ2) is 2.91. The first kappa shape index (κ1) is 7.81. The molecule has 0 amide bonds. The molecule has 2 aromatic rings. The molecular formula is C10H5BN2. The molecule has 0 unspecified atom stereocenters. The van der Waals surface area contributed by atoms with Crippen LogP contribution in [0.4, 0.5) is 0 Å². The highest BCUT2D eigenvalue weighted by molar-refractivity contribution is 6.33. The molecule has 2 radical (unpaired) electrons. The Kier molecular flexibility index (Phi) is 1.75. The normalized spacial score (nSPS) is 9.77. The van der Waals surface area contributed by atoms with Crippen molar-refractivity contribution in [3.63, 3.8) is 0 Å². The van der Waals surface area contributed by atoms with Gasteiger partial charge in [0.1, 0.15) is 19.6 Å². The molecule has 0 N–H and O–H groups in total. The molecular weight excluding hydrogens is 159 g/mol. The Morgan fingerprint density at radius 1 is 1.23 bits per heavy atom. The predicted octanol–water partition coefficient (Wildman–Crippen LogP) is 0.900. The second-order valence-corrected chi connectivity index (χ2v) is 2.76. The highest BCUT2D eigenvalue weighted by atomic mass is 14.7. The van der Waals surface area contributed by atoms with Gasteiger partial charge < -0.3 is 0 Å². The Morgan fingerprint density at radius 3 is 2.85 bits per heavy atom. The summed E-state index contributed by atoms with van der Waals surface area (Å²) in [7, 11) is 5.60. The van der Waals surface area contributed by atoms with E-state index in [-0.39, 0.29) is 0 Å². The van der Waals surface area contributed by atoms with Gasteiger partial charge in [-0.05, 0) is 23.6 Å². The van der Waals surface area contributed by atoms with E-state index >= 15 is 0 Å². The van der Waals surface area contributed by atoms with E-state index in [1.54, 1.807) is 12.1 Å². The standard InChI is InChI=1S/C10H5BN2/c11-8-2-4-10-7(5-8)1-3-9(6-12)13-10/h1-5H. The summed E-state index contributed by atoms with van der Waals surface area (Å²) in [4.78, 5) is 4.12. The number of hydrogen-bond donors (Lipinski definition) is 0. The van der Waals surface area contributed by atoms with Crippen LogP contribution in [0.2, 0.25) is 0 Å². The molecule has 0 fully saturated rings. The van der Waals surface area contributed by atoms with Crippen LogP contribution < -0.4 is 5.46 Å². The Labute approximate surface area is 77.2 Å². The molecule has 1 aromatic heterocycles. The van der Waals surface area contributed by atoms with Gasteiger partial charge in [-0.25, -0.2) is 4.98 Å². The number of nitrogens with zero attached hydrogens (tertiary/aromatic N) is 2. The van der Waals surface area contributed by atoms with Crippen molar-refractivity contribution in [3.8, 4) is 6.07 Å². The minimum Gasteiger partial charge on any atom is -0.237 e. The first-order chi connectivity index (χ1) is 6.29. The summed E-state index contributed by atoms with van der Waals surface area (Å²) in [5.74, 6) is 0. The van der Waals surface area contributed by atoms with E-state index in [1.807, 2.05) is 24.3 Å². The zero-order valence-electron chi connectivity index (χ0n) is 6.86. The Balaban J connectivity index is 2.75. The van der Waals surface area contributed by atoms with Gasteiger partial charge in [-0.15, -0.1) is 0 Å². The van der Waals surface area contributed by atoms with Crippen LogP contribution >= 0.6 is 0 Å². The fraction of sp³-hybridized carbons (Fsp3) is 0. The average molecular weight is 164 g/mol. The summed E-state index contributed by atoms with van der Waals surface area (Å²) < 4.78 is 0. The third kappa shape index (κ3) is 1.39. The average Bonchev–Trinajstić information content (AvgIpc) is 2.17. The number of hydrogen-bond acceptors (Lipinski definition) is 2. The zero-order valence-corrected chi connectivity index (χ0v) is 6.86. The van der Waals surface area contributed by atoms with Crippen LogP contribution in [0.15, 0.2) is 30.3 Å². The van der Waals surface area contributed by atoms with Gasteiger partial charge >= 0.3 is 0 Å². The molecule has 0 saturated carbocycles. The molecule has 0 spiro atoms. The van der Waals surface area contributed by atoms with Crippen molar-refractivity contribution in [2.24, 2.45) is 0 Å². The van der Waals surface area contributed by atoms with Crippen LogP contribution in [0.1, 0.15) is 5.69 Å². The van der Waals surface area contributed by atoms with Gasteiger partial charge in [0, 0.05) is 0 Å². The molecule has 13 heavy (non-hydrogen) atoms. The molecule has 2 nitrogen and oxygen atoms in total. The highest BCUT2D eigenvalue weighted by Gasteiger charge is 1.96. The van der Waals surface area contributed by atoms with E-state index in [2.05, 4.69) is 4.98 Å². The molecule has 0 aliphatic carbocycles. The highest BCUT2D eigenvalue weighted by Crippen LogP contribution is 2.09. The number of benzene rings is 1. The van der Waals surface area contributed by atoms with E-state index in [1.165, 1.54) is 0 Å². The smallest absolute Gasteiger partial charge is 0.141 e. The topological polar surface area (TPSA) is 36.7 Å². The van der Waals surface area contributed by atoms with Crippen molar-refractivity contribution in [1.82, 2.24) is 4.98 Å². The van der Waals surface area contributed by atoms with Crippen molar-refractivity contribution < 1.29 is 0 Å². The van der Waals surface area contributed by atoms with E-state index < -0.39 is 0 Å². The number of fused-ring (bicyclic) bond motifs is 1. The number of rotatable bonds is 0. The van der Waals surface area contributed by atoms with Crippen molar-refractivity contribution >= 4 is 24.2 Å². The second-order valence-electron chi connectivity index (χ2n) is 2.76. The molecule has 0 aliphatic heterocycles. The molecule has 2 rings (SSSR count). The number of aromatic nitrogens is 1. The van der Waals surface area contributed by atoms with Crippen LogP contribution in [0.25, 0.3) is 10.9 Å². The summed E-state index contributed by atoms with van der Waals surface area (Å²) in [6, 6.07) is 10.9. The third-order valence-electron chi connectivity index (χ3n) is 1.83. The fourth-order valence-corrected chi connectivity index (χ4v) is 1.21. The van der Waals surface area contributed by atoms with Crippen LogP contribution in [0.5, 0.6) is 0 Å². The predicted molar refractivity (Wildman–Crippen MR) is 51.8 cm³/mol. The third-order valence-corrected chi connectivity index (χ3v) is 1.83. The van der Waals surface area contributed by atoms with E-state index in [4.69, 9.17) is 13.1 Å². The van der Waals surface area contributed by atoms with Crippen molar-refractivity contribution in [1.29, 1.82) is 5.26 Å². The minimum absolute atomic E-state index is 0.428. The molecule has 0 bridgehead atoms. The largest absolute Gasteiger partial charge is 0.237 e. The summed E-state index contributed by atoms with van der Waals surface area (Å²) >= 11 is 0. The summed E-state index contributed by atoms with van der Waals surface area (Å²) in [6.45, 7) is 0. The van der Waals surface area contributed by atoms with Gasteiger partial charge in [0.05, 0.1) is 5.52 Å². The Bertz CT molecular complexity index is 500. The van der Waals surface area contributed by atoms with Crippen LogP contribution in [-0.4, -0.2) is 12.8 Å². The maximum absolute atomic E-state index is 8.61. The van der Waals surface area contributed by atoms with Gasteiger partial charge in [0.15, 0.2) is 0 Å². The summed E-state index contributed by atoms with van der Waals surface area (Å²) in [5.41, 5.74) is 1.93. The van der Waals surface area contributed by atoms with Gasteiger partial charge in [-0.2, -0.15) is 5.26 Å². The number of nitriles is 1. The van der Waals surface area contributed by atoms with E-state index in [9.17, 15) is 0 Å². The quantitative estimate of drug-likeness (QED) is 0.542. The maximum Gasteiger partial charge on any atom is 0.141 e. The first-order valence-electron chi connectivity index (χ1n) is 3.86. The van der Waals surface area contributed by atoms with Crippen LogP contribution in [0, 0.1) is 11.3 Å². The first-order valence-corrected chi connectivity index (χ1v) is 3.86. The van der Waals surface area contributed by atoms with Crippen LogP contribution in [-0.2, 0) is 0 Å². The lowest BCUT2D eigenvalue weighted by molar-refractivity contribution is 1.33. The molecule has 0 saturated heterocycles. The van der Waals surface area contributed by atoms with E-state index in [0.717, 1.165) is 10.9 Å². The van der Waals surface area contributed by atoms with Crippen molar-refractivity contribution in [2.45, 2.75) is 0 Å². The molecule has 1 aromatic carbocycles. The number of pyridine rings is 1. The molecule has 58 valence electrons. The maximum atomic E-state index is 8.61. The zero-order chi connectivity index (χ0) is 9.26. The fourth-order valence-electron chi connectivity index (χ4n) is 1.21. The van der Waals surface area contributed by atoms with Gasteiger partial charge in [-0.3, -0.25) is 0 Å². The van der Waals surface area contributed by atoms with Crippen LogP contribution in [0.3, 0.4) is 0 Å². The lowest BCUT2D eigenvalue weighted by Crippen LogP contribution is -2.00. The minimum atomic E-state index is 0.428. The van der Waals surface area contributed by atoms with Gasteiger partial charge in [0.2, 0.25) is 0 Å². The summed E-state index contributed by atoms with van der Waals surface area (Å²) in [6.07, 6.45) is 0. The van der Waals surface area contributed by atoms with E-state index in [0.29, 0.717) is 11.2 Å². The monoisotopic (exact) mass is 164 g/mol. The molecule has 0 atom stereocenters.